The smallest absolute Gasteiger partial charge is 0.331 e. The molecule has 2 aromatic heterocycles. The van der Waals surface area contributed by atoms with Gasteiger partial charge in [0.2, 0.25) is 5.88 Å². The molecular formula is C22H23N5O3. The molecular weight excluding hydrogens is 382 g/mol. The van der Waals surface area contributed by atoms with Gasteiger partial charge in [-0.05, 0) is 37.0 Å². The first kappa shape index (κ1) is 19.6. The molecule has 0 radical (unpaired) electrons. The van der Waals surface area contributed by atoms with Crippen molar-refractivity contribution >= 4 is 6.21 Å². The van der Waals surface area contributed by atoms with E-state index in [2.05, 4.69) is 15.1 Å². The summed E-state index contributed by atoms with van der Waals surface area (Å²) in [6.45, 7) is 0.865. The maximum atomic E-state index is 12.3. The first-order chi connectivity index (χ1) is 14.6. The van der Waals surface area contributed by atoms with E-state index in [1.54, 1.807) is 6.20 Å². The minimum absolute atomic E-state index is 0.00708. The SMILES string of the molecule is O=c1[nH]c(=O)n(Cc2ccccc2)c(O)c1/C=N/N1CCCC[C@H]1c1ccccn1. The number of aromatic hydroxyl groups is 1. The van der Waals surface area contributed by atoms with Crippen molar-refractivity contribution in [2.75, 3.05) is 6.54 Å². The van der Waals surface area contributed by atoms with Gasteiger partial charge in [0.25, 0.3) is 5.56 Å². The van der Waals surface area contributed by atoms with Crippen molar-refractivity contribution < 1.29 is 5.11 Å². The molecule has 154 valence electrons. The van der Waals surface area contributed by atoms with Crippen molar-refractivity contribution in [2.24, 2.45) is 5.10 Å². The van der Waals surface area contributed by atoms with Gasteiger partial charge in [-0.15, -0.1) is 0 Å². The van der Waals surface area contributed by atoms with Crippen LogP contribution in [0.3, 0.4) is 0 Å². The van der Waals surface area contributed by atoms with Crippen molar-refractivity contribution in [2.45, 2.75) is 31.8 Å². The summed E-state index contributed by atoms with van der Waals surface area (Å²) in [6, 6.07) is 15.0. The van der Waals surface area contributed by atoms with Crippen molar-refractivity contribution in [3.05, 3.63) is 92.4 Å². The maximum Gasteiger partial charge on any atom is 0.331 e. The lowest BCUT2D eigenvalue weighted by Gasteiger charge is -2.32. The van der Waals surface area contributed by atoms with Gasteiger partial charge in [0.05, 0.1) is 24.5 Å². The third-order valence-electron chi connectivity index (χ3n) is 5.23. The summed E-state index contributed by atoms with van der Waals surface area (Å²) < 4.78 is 1.13. The molecule has 1 fully saturated rings. The van der Waals surface area contributed by atoms with Crippen LogP contribution < -0.4 is 11.2 Å². The monoisotopic (exact) mass is 405 g/mol. The highest BCUT2D eigenvalue weighted by molar-refractivity contribution is 5.81. The van der Waals surface area contributed by atoms with Gasteiger partial charge >= 0.3 is 5.69 Å². The Labute approximate surface area is 173 Å². The highest BCUT2D eigenvalue weighted by Crippen LogP contribution is 2.29. The zero-order valence-electron chi connectivity index (χ0n) is 16.4. The van der Waals surface area contributed by atoms with Crippen molar-refractivity contribution in [1.82, 2.24) is 19.5 Å². The summed E-state index contributed by atoms with van der Waals surface area (Å²) in [5, 5.41) is 17.0. The second-order valence-corrected chi connectivity index (χ2v) is 7.24. The first-order valence-corrected chi connectivity index (χ1v) is 9.95. The molecule has 1 atom stereocenters. The normalized spacial score (nSPS) is 16.8. The molecule has 1 aliphatic heterocycles. The molecule has 0 unspecified atom stereocenters. The van der Waals surface area contributed by atoms with E-state index in [1.165, 1.54) is 6.21 Å². The lowest BCUT2D eigenvalue weighted by molar-refractivity contribution is 0.153. The molecule has 30 heavy (non-hydrogen) atoms. The van der Waals surface area contributed by atoms with Gasteiger partial charge in [-0.3, -0.25) is 24.3 Å². The van der Waals surface area contributed by atoms with E-state index in [1.807, 2.05) is 53.5 Å². The number of nitrogens with zero attached hydrogens (tertiary/aromatic N) is 4. The van der Waals surface area contributed by atoms with Gasteiger partial charge in [0.1, 0.15) is 5.56 Å². The molecule has 8 heteroatoms. The number of piperidine rings is 1. The summed E-state index contributed by atoms with van der Waals surface area (Å²) >= 11 is 0. The van der Waals surface area contributed by atoms with Gasteiger partial charge in [-0.2, -0.15) is 5.10 Å². The number of nitrogens with one attached hydrogen (secondary N) is 1. The van der Waals surface area contributed by atoms with E-state index < -0.39 is 17.1 Å². The van der Waals surface area contributed by atoms with Crippen molar-refractivity contribution in [1.29, 1.82) is 0 Å². The fourth-order valence-electron chi connectivity index (χ4n) is 3.66. The van der Waals surface area contributed by atoms with Crippen LogP contribution in [-0.2, 0) is 6.54 Å². The van der Waals surface area contributed by atoms with Crippen LogP contribution in [0.5, 0.6) is 5.88 Å². The predicted molar refractivity (Wildman–Crippen MR) is 114 cm³/mol. The summed E-state index contributed by atoms with van der Waals surface area (Å²) in [6.07, 6.45) is 6.04. The van der Waals surface area contributed by atoms with Gasteiger partial charge in [-0.25, -0.2) is 4.79 Å². The highest BCUT2D eigenvalue weighted by atomic mass is 16.3. The fourth-order valence-corrected chi connectivity index (χ4v) is 3.66. The molecule has 3 aromatic rings. The number of hydrogen-bond acceptors (Lipinski definition) is 6. The first-order valence-electron chi connectivity index (χ1n) is 9.95. The molecule has 1 saturated heterocycles. The van der Waals surface area contributed by atoms with E-state index in [0.717, 1.165) is 41.6 Å². The molecule has 3 heterocycles. The van der Waals surface area contributed by atoms with Gasteiger partial charge in [0, 0.05) is 12.7 Å². The van der Waals surface area contributed by atoms with Crippen LogP contribution in [0, 0.1) is 0 Å². The Morgan fingerprint density at radius 3 is 2.70 bits per heavy atom. The molecule has 0 bridgehead atoms. The number of pyridine rings is 1. The van der Waals surface area contributed by atoms with Crippen LogP contribution in [0.25, 0.3) is 0 Å². The third kappa shape index (κ3) is 4.17. The number of H-pyrrole nitrogens is 1. The van der Waals surface area contributed by atoms with Gasteiger partial charge in [0.15, 0.2) is 0 Å². The van der Waals surface area contributed by atoms with E-state index >= 15 is 0 Å². The van der Waals surface area contributed by atoms with Crippen LogP contribution >= 0.6 is 0 Å². The number of hydrazone groups is 1. The average molecular weight is 405 g/mol. The zero-order valence-corrected chi connectivity index (χ0v) is 16.4. The Kier molecular flexibility index (Phi) is 5.74. The Hall–Kier alpha value is -3.68. The predicted octanol–water partition coefficient (Wildman–Crippen LogP) is 2.25. The fraction of sp³-hybridized carbons (Fsp3) is 0.273. The molecule has 1 aliphatic rings. The minimum Gasteiger partial charge on any atom is -0.494 e. The summed E-state index contributed by atoms with van der Waals surface area (Å²) in [5.74, 6) is -0.400. The largest absolute Gasteiger partial charge is 0.494 e. The third-order valence-corrected chi connectivity index (χ3v) is 5.23. The minimum atomic E-state index is -0.669. The summed E-state index contributed by atoms with van der Waals surface area (Å²) in [7, 11) is 0. The zero-order chi connectivity index (χ0) is 20.9. The summed E-state index contributed by atoms with van der Waals surface area (Å²) in [5.41, 5.74) is 0.369. The Bertz CT molecular complexity index is 1140. The van der Waals surface area contributed by atoms with Gasteiger partial charge < -0.3 is 5.11 Å². The Morgan fingerprint density at radius 1 is 1.13 bits per heavy atom. The van der Waals surface area contributed by atoms with Crippen LogP contribution in [-0.4, -0.2) is 37.4 Å². The van der Waals surface area contributed by atoms with Crippen LogP contribution in [0.1, 0.15) is 42.1 Å². The molecule has 1 aromatic carbocycles. The second kappa shape index (κ2) is 8.77. The lowest BCUT2D eigenvalue weighted by atomic mass is 10.0. The molecule has 0 saturated carbocycles. The summed E-state index contributed by atoms with van der Waals surface area (Å²) in [4.78, 5) is 31.3. The molecule has 0 spiro atoms. The number of rotatable bonds is 5. The molecule has 4 rings (SSSR count). The standard InChI is InChI=1S/C22H23N5O3/c28-20-17(21(29)26(22(30)25-20)15-16-8-2-1-3-9-16)14-24-27-13-7-5-11-19(27)18-10-4-6-12-23-18/h1-4,6,8-10,12,14,19,29H,5,7,11,13,15H2,(H,25,28,30)/b24-14+/t19-/m0/s1. The second-order valence-electron chi connectivity index (χ2n) is 7.24. The highest BCUT2D eigenvalue weighted by Gasteiger charge is 2.24. The molecule has 0 aliphatic carbocycles. The van der Waals surface area contributed by atoms with Crippen LogP contribution in [0.2, 0.25) is 0 Å². The van der Waals surface area contributed by atoms with Gasteiger partial charge in [-0.1, -0.05) is 36.4 Å². The molecule has 8 nitrogen and oxygen atoms in total. The Morgan fingerprint density at radius 2 is 1.93 bits per heavy atom. The van der Waals surface area contributed by atoms with E-state index in [0.29, 0.717) is 0 Å². The quantitative estimate of drug-likeness (QED) is 0.634. The van der Waals surface area contributed by atoms with Crippen molar-refractivity contribution in [3.8, 4) is 5.88 Å². The van der Waals surface area contributed by atoms with Crippen LogP contribution in [0.4, 0.5) is 0 Å². The van der Waals surface area contributed by atoms with Crippen LogP contribution in [0.15, 0.2) is 69.4 Å². The van der Waals surface area contributed by atoms with E-state index in [-0.39, 0.29) is 18.2 Å². The Balaban J connectivity index is 1.65. The molecule has 0 amide bonds. The van der Waals surface area contributed by atoms with E-state index in [4.69, 9.17) is 0 Å². The lowest BCUT2D eigenvalue weighted by Crippen LogP contribution is -2.33. The number of aromatic nitrogens is 3. The number of benzene rings is 1. The number of hydrogen-bond donors (Lipinski definition) is 2. The number of aromatic amines is 1. The van der Waals surface area contributed by atoms with Crippen molar-refractivity contribution in [3.63, 3.8) is 0 Å². The maximum absolute atomic E-state index is 12.3. The average Bonchev–Trinajstić information content (AvgIpc) is 2.78. The topological polar surface area (TPSA) is 104 Å². The van der Waals surface area contributed by atoms with E-state index in [9.17, 15) is 14.7 Å². The molecule has 2 N–H and O–H groups in total.